The van der Waals surface area contributed by atoms with Crippen LogP contribution in [0.4, 0.5) is 0 Å². The summed E-state index contributed by atoms with van der Waals surface area (Å²) >= 11 is 0. The van der Waals surface area contributed by atoms with E-state index in [1.54, 1.807) is 0 Å². The van der Waals surface area contributed by atoms with Crippen LogP contribution < -0.4 is 0 Å². The molecule has 3 heteroatoms. The summed E-state index contributed by atoms with van der Waals surface area (Å²) in [6.07, 6.45) is 10.8. The first-order chi connectivity index (χ1) is 8.12. The second-order valence-electron chi connectivity index (χ2n) is 5.63. The summed E-state index contributed by atoms with van der Waals surface area (Å²) in [6, 6.07) is 0. The highest BCUT2D eigenvalue weighted by molar-refractivity contribution is 7.64. The van der Waals surface area contributed by atoms with Crippen molar-refractivity contribution in [2.24, 2.45) is 5.92 Å². The Morgan fingerprint density at radius 1 is 1.24 bits per heavy atom. The van der Waals surface area contributed by atoms with Crippen molar-refractivity contribution in [2.45, 2.75) is 71.1 Å². The molecule has 3 atom stereocenters. The van der Waals surface area contributed by atoms with Gasteiger partial charge in [-0.25, -0.2) is 0 Å². The van der Waals surface area contributed by atoms with E-state index >= 15 is 0 Å². The highest BCUT2D eigenvalue weighted by atomic mass is 31.2. The van der Waals surface area contributed by atoms with Crippen LogP contribution in [0.25, 0.3) is 0 Å². The monoisotopic (exact) mass is 260 g/mol. The van der Waals surface area contributed by atoms with Gasteiger partial charge >= 0.3 is 0 Å². The number of rotatable bonds is 8. The Hall–Kier alpha value is 0.190. The lowest BCUT2D eigenvalue weighted by atomic mass is 10.0. The van der Waals surface area contributed by atoms with Crippen molar-refractivity contribution in [2.75, 3.05) is 12.3 Å². The Morgan fingerprint density at radius 3 is 2.65 bits per heavy atom. The van der Waals surface area contributed by atoms with Gasteiger partial charge in [-0.1, -0.05) is 46.0 Å². The van der Waals surface area contributed by atoms with Crippen LogP contribution in [0.1, 0.15) is 65.2 Å². The Morgan fingerprint density at radius 2 is 2.00 bits per heavy atom. The number of unbranched alkanes of at least 4 members (excludes halogenated alkanes) is 3. The van der Waals surface area contributed by atoms with Gasteiger partial charge in [0.05, 0.1) is 0 Å². The van der Waals surface area contributed by atoms with Crippen LogP contribution in [-0.4, -0.2) is 23.3 Å². The molecule has 3 unspecified atom stereocenters. The summed E-state index contributed by atoms with van der Waals surface area (Å²) in [5, 5.41) is 9.97. The van der Waals surface area contributed by atoms with Crippen LogP contribution >= 0.6 is 7.14 Å². The van der Waals surface area contributed by atoms with E-state index in [0.717, 1.165) is 31.6 Å². The maximum Gasteiger partial charge on any atom is 0.115 e. The van der Waals surface area contributed by atoms with E-state index in [2.05, 4.69) is 6.92 Å². The van der Waals surface area contributed by atoms with Gasteiger partial charge in [-0.15, -0.1) is 0 Å². The molecule has 17 heavy (non-hydrogen) atoms. The average Bonchev–Trinajstić information content (AvgIpc) is 2.69. The third-order valence-corrected chi connectivity index (χ3v) is 7.53. The molecule has 1 aliphatic heterocycles. The van der Waals surface area contributed by atoms with Gasteiger partial charge in [0.1, 0.15) is 13.0 Å². The minimum Gasteiger partial charge on any atom is -0.385 e. The maximum absolute atomic E-state index is 12.6. The van der Waals surface area contributed by atoms with E-state index in [4.69, 9.17) is 0 Å². The zero-order valence-electron chi connectivity index (χ0n) is 11.5. The van der Waals surface area contributed by atoms with Crippen LogP contribution in [0.5, 0.6) is 0 Å². The van der Waals surface area contributed by atoms with E-state index in [1.807, 2.05) is 6.92 Å². The third-order valence-electron chi connectivity index (χ3n) is 4.04. The molecule has 2 nitrogen and oxygen atoms in total. The molecule has 1 rings (SSSR count). The van der Waals surface area contributed by atoms with Crippen molar-refractivity contribution in [3.8, 4) is 0 Å². The molecule has 0 spiro atoms. The molecule has 1 N–H and O–H groups in total. The largest absolute Gasteiger partial charge is 0.385 e. The van der Waals surface area contributed by atoms with Crippen molar-refractivity contribution in [1.29, 1.82) is 0 Å². The summed E-state index contributed by atoms with van der Waals surface area (Å²) in [6.45, 7) is 4.28. The van der Waals surface area contributed by atoms with Gasteiger partial charge in [-0.05, 0) is 25.2 Å². The number of aliphatic hydroxyl groups excluding tert-OH is 1. The summed E-state index contributed by atoms with van der Waals surface area (Å²) in [5.74, 6) is 0.123. The van der Waals surface area contributed by atoms with E-state index in [1.165, 1.54) is 32.1 Å². The average molecular weight is 260 g/mol. The van der Waals surface area contributed by atoms with Crippen LogP contribution in [-0.2, 0) is 4.57 Å². The van der Waals surface area contributed by atoms with E-state index < -0.39 is 13.0 Å². The standard InChI is InChI=1S/C14H29O2P/c1-3-5-6-7-9-13-10-11-17(16,12-13)14(15)8-4-2/h13-15H,3-12H2,1-2H3. The van der Waals surface area contributed by atoms with Crippen molar-refractivity contribution in [3.05, 3.63) is 0 Å². The SMILES string of the molecule is CCCCCCC1CCP(=O)(C(O)CCC)C1. The summed E-state index contributed by atoms with van der Waals surface area (Å²) in [5.41, 5.74) is 0. The van der Waals surface area contributed by atoms with Crippen LogP contribution in [0, 0.1) is 5.92 Å². The number of hydrogen-bond acceptors (Lipinski definition) is 2. The van der Waals surface area contributed by atoms with Crippen LogP contribution in [0.2, 0.25) is 0 Å². The lowest BCUT2D eigenvalue weighted by Crippen LogP contribution is -2.09. The Balaban J connectivity index is 2.28. The summed E-state index contributed by atoms with van der Waals surface area (Å²) in [4.78, 5) is 0. The number of aliphatic hydroxyl groups is 1. The smallest absolute Gasteiger partial charge is 0.115 e. The van der Waals surface area contributed by atoms with Crippen molar-refractivity contribution in [3.63, 3.8) is 0 Å². The van der Waals surface area contributed by atoms with Gasteiger partial charge < -0.3 is 9.67 Å². The predicted octanol–water partition coefficient (Wildman–Crippen LogP) is 4.46. The summed E-state index contributed by atoms with van der Waals surface area (Å²) in [7, 11) is -2.23. The van der Waals surface area contributed by atoms with Gasteiger partial charge in [0.15, 0.2) is 0 Å². The fourth-order valence-corrected chi connectivity index (χ4v) is 6.37. The molecule has 0 saturated carbocycles. The fourth-order valence-electron chi connectivity index (χ4n) is 2.88. The quantitative estimate of drug-likeness (QED) is 0.517. The molecule has 0 aromatic carbocycles. The lowest BCUT2D eigenvalue weighted by Gasteiger charge is -2.18. The van der Waals surface area contributed by atoms with Gasteiger partial charge in [0.25, 0.3) is 0 Å². The van der Waals surface area contributed by atoms with Gasteiger partial charge in [0.2, 0.25) is 0 Å². The molecule has 0 amide bonds. The molecular formula is C14H29O2P. The van der Waals surface area contributed by atoms with E-state index in [-0.39, 0.29) is 0 Å². The zero-order chi connectivity index (χ0) is 12.7. The number of hydrogen-bond donors (Lipinski definition) is 1. The molecule has 1 saturated heterocycles. The first-order valence-electron chi connectivity index (χ1n) is 7.38. The van der Waals surface area contributed by atoms with Crippen molar-refractivity contribution < 1.29 is 9.67 Å². The van der Waals surface area contributed by atoms with Gasteiger partial charge in [0, 0.05) is 12.3 Å². The normalized spacial score (nSPS) is 30.6. The highest BCUT2D eigenvalue weighted by Gasteiger charge is 2.38. The molecular weight excluding hydrogens is 231 g/mol. The Bertz CT molecular complexity index is 253. The molecule has 0 aromatic heterocycles. The summed E-state index contributed by atoms with van der Waals surface area (Å²) < 4.78 is 12.6. The first-order valence-corrected chi connectivity index (χ1v) is 9.53. The second-order valence-corrected chi connectivity index (χ2v) is 8.95. The minimum absolute atomic E-state index is 0.506. The minimum atomic E-state index is -2.23. The van der Waals surface area contributed by atoms with Gasteiger partial charge in [-0.2, -0.15) is 0 Å². The van der Waals surface area contributed by atoms with Crippen LogP contribution in [0.3, 0.4) is 0 Å². The molecule has 1 heterocycles. The second kappa shape index (κ2) is 7.59. The predicted molar refractivity (Wildman–Crippen MR) is 75.1 cm³/mol. The maximum atomic E-state index is 12.6. The van der Waals surface area contributed by atoms with Crippen molar-refractivity contribution in [1.82, 2.24) is 0 Å². The molecule has 0 bridgehead atoms. The van der Waals surface area contributed by atoms with Crippen LogP contribution in [0.15, 0.2) is 0 Å². The molecule has 0 aromatic rings. The van der Waals surface area contributed by atoms with E-state index in [9.17, 15) is 9.67 Å². The molecule has 0 aliphatic carbocycles. The third kappa shape index (κ3) is 4.75. The van der Waals surface area contributed by atoms with Gasteiger partial charge in [-0.3, -0.25) is 0 Å². The Labute approximate surface area is 107 Å². The fraction of sp³-hybridized carbons (Fsp3) is 1.00. The molecule has 1 fully saturated rings. The lowest BCUT2D eigenvalue weighted by molar-refractivity contribution is 0.236. The Kier molecular flexibility index (Phi) is 6.80. The highest BCUT2D eigenvalue weighted by Crippen LogP contribution is 2.59. The first kappa shape index (κ1) is 15.2. The topological polar surface area (TPSA) is 37.3 Å². The molecule has 102 valence electrons. The zero-order valence-corrected chi connectivity index (χ0v) is 12.4. The van der Waals surface area contributed by atoms with E-state index in [0.29, 0.717) is 5.92 Å². The van der Waals surface area contributed by atoms with Crippen molar-refractivity contribution >= 4 is 7.14 Å². The molecule has 0 radical (unpaired) electrons. The molecule has 1 aliphatic rings.